The molecule has 0 spiro atoms. The SMILES string of the molecule is N#Cc1ccc(Cl)cc1-c1nc(Nc2n[nH]c3ccccc23)nc(N2CCCCC2)n1. The van der Waals surface area contributed by atoms with Crippen LogP contribution in [0.15, 0.2) is 42.5 Å². The van der Waals surface area contributed by atoms with Crippen molar-refractivity contribution in [1.82, 2.24) is 25.1 Å². The first-order valence-corrected chi connectivity index (χ1v) is 10.5. The molecule has 8 nitrogen and oxygen atoms in total. The monoisotopic (exact) mass is 430 g/mol. The van der Waals surface area contributed by atoms with Gasteiger partial charge in [-0.3, -0.25) is 5.10 Å². The van der Waals surface area contributed by atoms with Crippen molar-refractivity contribution < 1.29 is 0 Å². The summed E-state index contributed by atoms with van der Waals surface area (Å²) in [6.07, 6.45) is 3.38. The van der Waals surface area contributed by atoms with Gasteiger partial charge in [0.25, 0.3) is 0 Å². The van der Waals surface area contributed by atoms with Crippen molar-refractivity contribution in [2.75, 3.05) is 23.3 Å². The molecule has 0 unspecified atom stereocenters. The van der Waals surface area contributed by atoms with Crippen molar-refractivity contribution in [3.05, 3.63) is 53.1 Å². The molecule has 3 heterocycles. The maximum absolute atomic E-state index is 9.58. The predicted molar refractivity (Wildman–Crippen MR) is 120 cm³/mol. The molecule has 4 aromatic rings. The molecule has 0 aliphatic carbocycles. The quantitative estimate of drug-likeness (QED) is 0.484. The summed E-state index contributed by atoms with van der Waals surface area (Å²) in [5.41, 5.74) is 1.94. The number of hydrogen-bond donors (Lipinski definition) is 2. The van der Waals surface area contributed by atoms with Crippen LogP contribution in [0.5, 0.6) is 0 Å². The molecule has 1 aliphatic heterocycles. The van der Waals surface area contributed by atoms with Gasteiger partial charge in [0, 0.05) is 29.1 Å². The molecule has 0 radical (unpaired) electrons. The van der Waals surface area contributed by atoms with Crippen LogP contribution in [0.25, 0.3) is 22.3 Å². The van der Waals surface area contributed by atoms with Gasteiger partial charge in [-0.25, -0.2) is 0 Å². The number of nitriles is 1. The van der Waals surface area contributed by atoms with Gasteiger partial charge < -0.3 is 10.2 Å². The maximum Gasteiger partial charge on any atom is 0.233 e. The third-order valence-corrected chi connectivity index (χ3v) is 5.54. The van der Waals surface area contributed by atoms with Gasteiger partial charge in [-0.1, -0.05) is 23.7 Å². The van der Waals surface area contributed by atoms with Crippen LogP contribution >= 0.6 is 11.6 Å². The summed E-state index contributed by atoms with van der Waals surface area (Å²) in [5, 5.41) is 21.6. The molecule has 9 heteroatoms. The van der Waals surface area contributed by atoms with Gasteiger partial charge >= 0.3 is 0 Å². The van der Waals surface area contributed by atoms with Crippen LogP contribution in [0.4, 0.5) is 17.7 Å². The zero-order chi connectivity index (χ0) is 21.2. The highest BCUT2D eigenvalue weighted by molar-refractivity contribution is 6.30. The lowest BCUT2D eigenvalue weighted by atomic mass is 10.1. The number of nitrogens with one attached hydrogen (secondary N) is 2. The van der Waals surface area contributed by atoms with E-state index in [0.717, 1.165) is 36.8 Å². The number of H-pyrrole nitrogens is 1. The molecule has 31 heavy (non-hydrogen) atoms. The Morgan fingerprint density at radius 3 is 2.71 bits per heavy atom. The van der Waals surface area contributed by atoms with E-state index >= 15 is 0 Å². The Labute approximate surface area is 183 Å². The van der Waals surface area contributed by atoms with Gasteiger partial charge in [-0.2, -0.15) is 25.3 Å². The molecule has 0 bridgehead atoms. The molecule has 0 atom stereocenters. The van der Waals surface area contributed by atoms with Crippen LogP contribution in [-0.2, 0) is 0 Å². The second-order valence-electron chi connectivity index (χ2n) is 7.37. The first-order chi connectivity index (χ1) is 15.2. The summed E-state index contributed by atoms with van der Waals surface area (Å²) < 4.78 is 0. The highest BCUT2D eigenvalue weighted by Gasteiger charge is 2.19. The van der Waals surface area contributed by atoms with E-state index in [-0.39, 0.29) is 0 Å². The first-order valence-electron chi connectivity index (χ1n) is 10.1. The number of aromatic amines is 1. The van der Waals surface area contributed by atoms with Gasteiger partial charge in [0.2, 0.25) is 11.9 Å². The lowest BCUT2D eigenvalue weighted by Crippen LogP contribution is -2.31. The summed E-state index contributed by atoms with van der Waals surface area (Å²) in [5.74, 6) is 1.98. The average molecular weight is 431 g/mol. The fraction of sp³-hybridized carbons (Fsp3) is 0.227. The largest absolute Gasteiger partial charge is 0.341 e. The highest BCUT2D eigenvalue weighted by atomic mass is 35.5. The minimum atomic E-state index is 0.367. The number of para-hydroxylation sites is 1. The summed E-state index contributed by atoms with van der Waals surface area (Å²) >= 11 is 6.21. The molecule has 5 rings (SSSR count). The molecule has 0 saturated carbocycles. The fourth-order valence-corrected chi connectivity index (χ4v) is 3.91. The molecule has 0 amide bonds. The number of rotatable bonds is 4. The number of benzene rings is 2. The normalized spacial score (nSPS) is 13.9. The van der Waals surface area contributed by atoms with E-state index in [9.17, 15) is 5.26 Å². The lowest BCUT2D eigenvalue weighted by molar-refractivity contribution is 0.568. The molecule has 2 aromatic heterocycles. The molecule has 1 saturated heterocycles. The average Bonchev–Trinajstić information content (AvgIpc) is 3.22. The van der Waals surface area contributed by atoms with E-state index in [0.29, 0.717) is 39.7 Å². The molecule has 154 valence electrons. The first kappa shape index (κ1) is 19.3. The van der Waals surface area contributed by atoms with Crippen LogP contribution in [0, 0.1) is 11.3 Å². The Morgan fingerprint density at radius 1 is 1.03 bits per heavy atom. The van der Waals surface area contributed by atoms with E-state index in [2.05, 4.69) is 36.5 Å². The van der Waals surface area contributed by atoms with Gasteiger partial charge in [0.15, 0.2) is 11.6 Å². The fourth-order valence-electron chi connectivity index (χ4n) is 3.74. The van der Waals surface area contributed by atoms with Crippen LogP contribution in [0.2, 0.25) is 5.02 Å². The highest BCUT2D eigenvalue weighted by Crippen LogP contribution is 2.29. The van der Waals surface area contributed by atoms with Crippen molar-refractivity contribution >= 4 is 40.2 Å². The van der Waals surface area contributed by atoms with Gasteiger partial charge in [-0.05, 0) is 49.6 Å². The number of fused-ring (bicyclic) bond motifs is 1. The molecule has 2 N–H and O–H groups in total. The number of anilines is 3. The number of aromatic nitrogens is 5. The molecule has 2 aromatic carbocycles. The smallest absolute Gasteiger partial charge is 0.233 e. The van der Waals surface area contributed by atoms with Crippen LogP contribution in [-0.4, -0.2) is 38.2 Å². The van der Waals surface area contributed by atoms with Crippen molar-refractivity contribution in [1.29, 1.82) is 5.26 Å². The van der Waals surface area contributed by atoms with Crippen molar-refractivity contribution in [3.8, 4) is 17.5 Å². The van der Waals surface area contributed by atoms with Gasteiger partial charge in [0.1, 0.15) is 0 Å². The maximum atomic E-state index is 9.58. The number of hydrogen-bond acceptors (Lipinski definition) is 7. The van der Waals surface area contributed by atoms with E-state index < -0.39 is 0 Å². The van der Waals surface area contributed by atoms with Crippen LogP contribution < -0.4 is 10.2 Å². The van der Waals surface area contributed by atoms with Gasteiger partial charge in [-0.15, -0.1) is 0 Å². The Bertz CT molecular complexity index is 1290. The molecular weight excluding hydrogens is 412 g/mol. The van der Waals surface area contributed by atoms with Crippen molar-refractivity contribution in [3.63, 3.8) is 0 Å². The Balaban J connectivity index is 1.61. The Morgan fingerprint density at radius 2 is 1.87 bits per heavy atom. The number of halogens is 1. The second kappa shape index (κ2) is 8.20. The zero-order valence-electron chi connectivity index (χ0n) is 16.6. The summed E-state index contributed by atoms with van der Waals surface area (Å²) in [7, 11) is 0. The van der Waals surface area contributed by atoms with Gasteiger partial charge in [0.05, 0.1) is 17.1 Å². The van der Waals surface area contributed by atoms with Crippen molar-refractivity contribution in [2.45, 2.75) is 19.3 Å². The zero-order valence-corrected chi connectivity index (χ0v) is 17.4. The Hall–Kier alpha value is -3.70. The van der Waals surface area contributed by atoms with Crippen LogP contribution in [0.3, 0.4) is 0 Å². The van der Waals surface area contributed by atoms with E-state index in [4.69, 9.17) is 16.6 Å². The minimum Gasteiger partial charge on any atom is -0.341 e. The molecule has 1 aliphatic rings. The summed E-state index contributed by atoms with van der Waals surface area (Å²) in [4.78, 5) is 16.1. The minimum absolute atomic E-state index is 0.367. The number of piperidine rings is 1. The van der Waals surface area contributed by atoms with E-state index in [1.165, 1.54) is 6.42 Å². The Kier molecular flexibility index (Phi) is 5.10. The standard InChI is InChI=1S/C22H19ClN8/c23-15-9-8-14(13-24)17(12-15)19-25-21(28-22(27-19)31-10-4-1-5-11-31)26-20-16-6-2-3-7-18(16)29-30-20/h2-3,6-9,12H,1,4-5,10-11H2,(H2,25,26,27,28,29,30). The van der Waals surface area contributed by atoms with E-state index in [1.807, 2.05) is 24.3 Å². The van der Waals surface area contributed by atoms with Crippen molar-refractivity contribution in [2.24, 2.45) is 0 Å². The lowest BCUT2D eigenvalue weighted by Gasteiger charge is -2.27. The van der Waals surface area contributed by atoms with Crippen LogP contribution in [0.1, 0.15) is 24.8 Å². The van der Waals surface area contributed by atoms with E-state index in [1.54, 1.807) is 18.2 Å². The molecular formula is C22H19ClN8. The predicted octanol–water partition coefficient (Wildman–Crippen LogP) is 4.67. The molecule has 1 fully saturated rings. The number of nitrogens with zero attached hydrogens (tertiary/aromatic N) is 6. The second-order valence-corrected chi connectivity index (χ2v) is 7.81. The summed E-state index contributed by atoms with van der Waals surface area (Å²) in [6.45, 7) is 1.77. The topological polar surface area (TPSA) is 106 Å². The summed E-state index contributed by atoms with van der Waals surface area (Å²) in [6, 6.07) is 15.1. The third-order valence-electron chi connectivity index (χ3n) is 5.31. The third kappa shape index (κ3) is 3.88.